The molecule has 31 atom stereocenters. The van der Waals surface area contributed by atoms with Crippen molar-refractivity contribution in [3.63, 3.8) is 0 Å². The highest BCUT2D eigenvalue weighted by Crippen LogP contribution is 2.71. The van der Waals surface area contributed by atoms with Gasteiger partial charge in [-0.2, -0.15) is 0 Å². The fourth-order valence-electron chi connectivity index (χ4n) is 15.4. The van der Waals surface area contributed by atoms with Crippen molar-refractivity contribution in [3.8, 4) is 0 Å². The van der Waals surface area contributed by atoms with Crippen molar-refractivity contribution in [2.24, 2.45) is 46.3 Å². The topological polar surface area (TPSA) is 295 Å². The molecule has 0 unspecified atom stereocenters. The molecule has 6 heterocycles. The minimum atomic E-state index is -1.85. The van der Waals surface area contributed by atoms with Gasteiger partial charge in [0.25, 0.3) is 0 Å². The number of hydrogen-bond donors (Lipinski definition) is 10. The smallest absolute Gasteiger partial charge is 0.187 e. The SMILES string of the molecule is C[C@@H]1CC[C@@]2(OC1)O[C@H]1C[C@H]3[C@@H]4CC=C5C[C@@H](O[C@@H]6O[C@H](CO)[C@@H](O[C@@H]7O[C@@H](C)[C@H](O[C@H]8O[C@@H](C)[C@H](O)[C@@H](O)[C@H]8O)[C@@H](O)[C@H]7O)[C@H](O)[C@H]6O[C@H]6O[C@@H](C)[C@H](O)[C@@H](O)[C@H]6O)CC[C@]5(C)[C@H]4CC[C@]3(C)[C@H]1[C@@H]2C. The molecule has 9 fully saturated rings. The van der Waals surface area contributed by atoms with E-state index >= 15 is 0 Å². The van der Waals surface area contributed by atoms with E-state index in [1.165, 1.54) is 26.3 Å². The third kappa shape index (κ3) is 9.03. The van der Waals surface area contributed by atoms with Crippen LogP contribution in [0.25, 0.3) is 0 Å². The van der Waals surface area contributed by atoms with Gasteiger partial charge in [0.05, 0.1) is 43.7 Å². The number of aliphatic hydroxyl groups is 10. The Kier molecular flexibility index (Phi) is 15.1. The molecule has 10 rings (SSSR count). The number of hydrogen-bond acceptors (Lipinski definition) is 20. The van der Waals surface area contributed by atoms with Crippen LogP contribution in [0.1, 0.15) is 106 Å². The van der Waals surface area contributed by atoms with Gasteiger partial charge in [-0.05, 0) is 113 Å². The molecule has 406 valence electrons. The van der Waals surface area contributed by atoms with Crippen LogP contribution in [0.5, 0.6) is 0 Å². The Bertz CT molecular complexity index is 1890. The number of fused-ring (bicyclic) bond motifs is 7. The van der Waals surface area contributed by atoms with Gasteiger partial charge >= 0.3 is 0 Å². The molecular formula is C51H82O20. The van der Waals surface area contributed by atoms with Gasteiger partial charge in [0, 0.05) is 12.3 Å². The quantitative estimate of drug-likeness (QED) is 0.137. The van der Waals surface area contributed by atoms with Crippen LogP contribution in [-0.4, -0.2) is 205 Å². The maximum Gasteiger partial charge on any atom is 0.187 e. The Hall–Kier alpha value is -1.06. The lowest BCUT2D eigenvalue weighted by molar-refractivity contribution is -0.394. The highest BCUT2D eigenvalue weighted by molar-refractivity contribution is 5.26. The second-order valence-electron chi connectivity index (χ2n) is 23.8. The highest BCUT2D eigenvalue weighted by Gasteiger charge is 2.69. The Morgan fingerprint density at radius 3 is 1.82 bits per heavy atom. The summed E-state index contributed by atoms with van der Waals surface area (Å²) in [6.07, 6.45) is -19.0. The summed E-state index contributed by atoms with van der Waals surface area (Å²) in [5, 5.41) is 109. The van der Waals surface area contributed by atoms with E-state index in [-0.39, 0.29) is 16.9 Å². The molecule has 10 N–H and O–H groups in total. The lowest BCUT2D eigenvalue weighted by Gasteiger charge is -2.59. The lowest BCUT2D eigenvalue weighted by Crippen LogP contribution is -2.67. The van der Waals surface area contributed by atoms with Gasteiger partial charge in [0.15, 0.2) is 30.9 Å². The van der Waals surface area contributed by atoms with Crippen LogP contribution in [0.15, 0.2) is 11.6 Å². The molecular weight excluding hydrogens is 933 g/mol. The van der Waals surface area contributed by atoms with Gasteiger partial charge in [0.1, 0.15) is 79.4 Å². The molecule has 0 aromatic heterocycles. The molecule has 3 saturated carbocycles. The molecule has 4 aliphatic carbocycles. The Morgan fingerprint density at radius 2 is 1.20 bits per heavy atom. The van der Waals surface area contributed by atoms with Crippen molar-refractivity contribution < 1.29 is 98.4 Å². The average Bonchev–Trinajstić information content (AvgIpc) is 3.79. The summed E-state index contributed by atoms with van der Waals surface area (Å²) in [4.78, 5) is 0. The number of allylic oxidation sites excluding steroid dienone is 1. The van der Waals surface area contributed by atoms with Crippen LogP contribution >= 0.6 is 0 Å². The van der Waals surface area contributed by atoms with Gasteiger partial charge < -0.3 is 98.4 Å². The zero-order valence-corrected chi connectivity index (χ0v) is 42.1. The second kappa shape index (κ2) is 20.1. The van der Waals surface area contributed by atoms with Crippen molar-refractivity contribution >= 4 is 0 Å². The van der Waals surface area contributed by atoms with E-state index in [0.29, 0.717) is 48.3 Å². The van der Waals surface area contributed by atoms with E-state index in [1.807, 2.05) is 0 Å². The molecule has 20 nitrogen and oxygen atoms in total. The van der Waals surface area contributed by atoms with Gasteiger partial charge in [-0.1, -0.05) is 39.3 Å². The third-order valence-electron chi connectivity index (χ3n) is 19.7. The predicted octanol–water partition coefficient (Wildman–Crippen LogP) is 0.0935. The summed E-state index contributed by atoms with van der Waals surface area (Å²) in [6.45, 7) is 14.1. The van der Waals surface area contributed by atoms with Crippen LogP contribution in [0, 0.1) is 46.3 Å². The Labute approximate surface area is 415 Å². The monoisotopic (exact) mass is 1010 g/mol. The first-order valence-corrected chi connectivity index (χ1v) is 26.6. The Balaban J connectivity index is 0.836. The standard InChI is InChI=1S/C51H82O20/c1-20-10-15-51(62-19-20)21(2)32-30(71-51)17-29-27-9-8-25-16-26(11-13-49(25,6)28(27)12-14-50(29,32)7)66-48-44(70-46-39(59)36(56)34(54)23(4)64-46)41(61)43(31(18-52)67-48)69-47-40(60)37(57)42(24(5)65-47)68-45-38(58)35(55)33(53)22(3)63-45/h8,20-24,26-48,52-61H,9-19H2,1-7H3/t20-,21+,22+,23+,24+,26+,27-,28+,29+,30+,31-,32+,33+,34+,35-,36-,37+,38-,39-,40-,41+,42+,43-,44-,45-,46-,47+,48-,49+,50+,51-/m1/s1. The normalized spacial score (nSPS) is 58.4. The average molecular weight is 1020 g/mol. The van der Waals surface area contributed by atoms with E-state index in [0.717, 1.165) is 51.6 Å². The number of ether oxygens (including phenoxy) is 10. The van der Waals surface area contributed by atoms with E-state index in [4.69, 9.17) is 47.4 Å². The van der Waals surface area contributed by atoms with Crippen molar-refractivity contribution in [3.05, 3.63) is 11.6 Å². The molecule has 0 aromatic carbocycles. The van der Waals surface area contributed by atoms with E-state index < -0.39 is 141 Å². The van der Waals surface area contributed by atoms with Crippen molar-refractivity contribution in [1.29, 1.82) is 0 Å². The molecule has 0 bridgehead atoms. The molecule has 0 aromatic rings. The molecule has 71 heavy (non-hydrogen) atoms. The van der Waals surface area contributed by atoms with Crippen molar-refractivity contribution in [2.75, 3.05) is 13.2 Å². The van der Waals surface area contributed by atoms with Crippen LogP contribution in [0.4, 0.5) is 0 Å². The third-order valence-corrected chi connectivity index (χ3v) is 19.7. The molecule has 6 saturated heterocycles. The van der Waals surface area contributed by atoms with E-state index in [2.05, 4.69) is 33.8 Å². The fraction of sp³-hybridized carbons (Fsp3) is 0.961. The zero-order valence-electron chi connectivity index (χ0n) is 42.1. The summed E-state index contributed by atoms with van der Waals surface area (Å²) >= 11 is 0. The molecule has 1 spiro atoms. The number of rotatable bonds is 9. The molecule has 0 amide bonds. The van der Waals surface area contributed by atoms with Crippen LogP contribution in [-0.2, 0) is 47.4 Å². The summed E-state index contributed by atoms with van der Waals surface area (Å²) in [5.41, 5.74) is 1.44. The van der Waals surface area contributed by atoms with Gasteiger partial charge in [0.2, 0.25) is 0 Å². The first-order chi connectivity index (χ1) is 33.6. The highest BCUT2D eigenvalue weighted by atomic mass is 16.8. The van der Waals surface area contributed by atoms with Gasteiger partial charge in [-0.15, -0.1) is 0 Å². The summed E-state index contributed by atoms with van der Waals surface area (Å²) in [5.74, 6) is 2.46. The maximum atomic E-state index is 12.2. The lowest BCUT2D eigenvalue weighted by atomic mass is 9.47. The van der Waals surface area contributed by atoms with Crippen LogP contribution in [0.2, 0.25) is 0 Å². The first-order valence-electron chi connectivity index (χ1n) is 26.6. The maximum absolute atomic E-state index is 12.2. The van der Waals surface area contributed by atoms with Crippen LogP contribution < -0.4 is 0 Å². The minimum Gasteiger partial charge on any atom is -0.394 e. The molecule has 10 aliphatic rings. The Morgan fingerprint density at radius 1 is 0.592 bits per heavy atom. The summed E-state index contributed by atoms with van der Waals surface area (Å²) in [6, 6.07) is 0. The summed E-state index contributed by atoms with van der Waals surface area (Å²) < 4.78 is 62.2. The molecule has 0 radical (unpaired) electrons. The second-order valence-corrected chi connectivity index (χ2v) is 23.8. The van der Waals surface area contributed by atoms with Crippen LogP contribution in [0.3, 0.4) is 0 Å². The number of aliphatic hydroxyl groups excluding tert-OH is 10. The molecule has 6 aliphatic heterocycles. The first kappa shape index (κ1) is 53.3. The fourth-order valence-corrected chi connectivity index (χ4v) is 15.4. The van der Waals surface area contributed by atoms with Crippen molar-refractivity contribution in [2.45, 2.75) is 247 Å². The van der Waals surface area contributed by atoms with E-state index in [9.17, 15) is 51.1 Å². The van der Waals surface area contributed by atoms with Crippen molar-refractivity contribution in [1.82, 2.24) is 0 Å². The van der Waals surface area contributed by atoms with E-state index in [1.54, 1.807) is 0 Å². The zero-order chi connectivity index (χ0) is 50.8. The predicted molar refractivity (Wildman–Crippen MR) is 244 cm³/mol. The van der Waals surface area contributed by atoms with Gasteiger partial charge in [-0.25, -0.2) is 0 Å². The summed E-state index contributed by atoms with van der Waals surface area (Å²) in [7, 11) is 0. The molecule has 20 heteroatoms. The largest absolute Gasteiger partial charge is 0.394 e. The minimum absolute atomic E-state index is 0.0569. The van der Waals surface area contributed by atoms with Gasteiger partial charge in [-0.3, -0.25) is 0 Å².